The molecule has 5 nitrogen and oxygen atoms in total. The van der Waals surface area contributed by atoms with Crippen LogP contribution in [0.25, 0.3) is 0 Å². The van der Waals surface area contributed by atoms with Crippen LogP contribution in [0, 0.1) is 5.92 Å². The Kier molecular flexibility index (Phi) is 3.24. The predicted molar refractivity (Wildman–Crippen MR) is 61.6 cm³/mol. The SMILES string of the molecule is Cn1c(CC2CCCNC2)cc(=O)[nH]c1=O. The zero-order valence-corrected chi connectivity index (χ0v) is 9.45. The van der Waals surface area contributed by atoms with E-state index in [1.165, 1.54) is 17.1 Å². The molecule has 2 rings (SSSR count). The van der Waals surface area contributed by atoms with Gasteiger partial charge in [-0.15, -0.1) is 0 Å². The maximum Gasteiger partial charge on any atom is 0.328 e. The summed E-state index contributed by atoms with van der Waals surface area (Å²) in [6.45, 7) is 2.05. The average Bonchev–Trinajstić information content (AvgIpc) is 2.27. The third kappa shape index (κ3) is 2.41. The van der Waals surface area contributed by atoms with E-state index in [1.54, 1.807) is 7.05 Å². The largest absolute Gasteiger partial charge is 0.328 e. The van der Waals surface area contributed by atoms with E-state index < -0.39 is 0 Å². The number of piperidine rings is 1. The first-order valence-corrected chi connectivity index (χ1v) is 5.67. The maximum atomic E-state index is 11.4. The quantitative estimate of drug-likeness (QED) is 0.718. The van der Waals surface area contributed by atoms with E-state index in [0.717, 1.165) is 31.6 Å². The summed E-state index contributed by atoms with van der Waals surface area (Å²) >= 11 is 0. The highest BCUT2D eigenvalue weighted by Gasteiger charge is 2.15. The topological polar surface area (TPSA) is 66.9 Å². The maximum absolute atomic E-state index is 11.4. The van der Waals surface area contributed by atoms with E-state index in [4.69, 9.17) is 0 Å². The smallest absolute Gasteiger partial charge is 0.316 e. The lowest BCUT2D eigenvalue weighted by Gasteiger charge is -2.23. The molecule has 1 aliphatic heterocycles. The molecule has 0 amide bonds. The van der Waals surface area contributed by atoms with Crippen LogP contribution in [0.4, 0.5) is 0 Å². The first-order chi connectivity index (χ1) is 7.66. The number of aromatic amines is 1. The number of hydrogen-bond acceptors (Lipinski definition) is 3. The monoisotopic (exact) mass is 223 g/mol. The Morgan fingerprint density at radius 3 is 3.00 bits per heavy atom. The van der Waals surface area contributed by atoms with Gasteiger partial charge < -0.3 is 9.88 Å². The normalized spacial score (nSPS) is 20.9. The lowest BCUT2D eigenvalue weighted by molar-refractivity contribution is 0.369. The lowest BCUT2D eigenvalue weighted by atomic mass is 9.94. The summed E-state index contributed by atoms with van der Waals surface area (Å²) < 4.78 is 1.52. The fourth-order valence-corrected chi connectivity index (χ4v) is 2.19. The van der Waals surface area contributed by atoms with Crippen LogP contribution in [-0.4, -0.2) is 22.6 Å². The lowest BCUT2D eigenvalue weighted by Crippen LogP contribution is -2.34. The number of aromatic nitrogens is 2. The highest BCUT2D eigenvalue weighted by molar-refractivity contribution is 5.02. The highest BCUT2D eigenvalue weighted by atomic mass is 16.2. The van der Waals surface area contributed by atoms with Gasteiger partial charge in [-0.25, -0.2) is 4.79 Å². The first kappa shape index (κ1) is 11.1. The Bertz CT molecular complexity index is 469. The van der Waals surface area contributed by atoms with Gasteiger partial charge in [0.05, 0.1) is 0 Å². The molecule has 1 unspecified atom stereocenters. The molecule has 1 aliphatic rings. The molecule has 0 bridgehead atoms. The summed E-state index contributed by atoms with van der Waals surface area (Å²) in [5.41, 5.74) is 0.190. The molecule has 16 heavy (non-hydrogen) atoms. The molecule has 1 aromatic rings. The van der Waals surface area contributed by atoms with Crippen molar-refractivity contribution in [1.82, 2.24) is 14.9 Å². The van der Waals surface area contributed by atoms with Crippen molar-refractivity contribution in [1.29, 1.82) is 0 Å². The third-order valence-corrected chi connectivity index (χ3v) is 3.16. The highest BCUT2D eigenvalue weighted by Crippen LogP contribution is 2.14. The number of H-pyrrole nitrogens is 1. The second-order valence-electron chi connectivity index (χ2n) is 4.41. The van der Waals surface area contributed by atoms with Gasteiger partial charge in [0.25, 0.3) is 5.56 Å². The summed E-state index contributed by atoms with van der Waals surface area (Å²) in [6.07, 6.45) is 3.12. The Balaban J connectivity index is 2.20. The van der Waals surface area contributed by atoms with Crippen LogP contribution in [0.15, 0.2) is 15.7 Å². The zero-order valence-electron chi connectivity index (χ0n) is 9.45. The van der Waals surface area contributed by atoms with Gasteiger partial charge in [0.2, 0.25) is 0 Å². The zero-order chi connectivity index (χ0) is 11.5. The standard InChI is InChI=1S/C11H17N3O2/c1-14-9(6-10(15)13-11(14)16)5-8-3-2-4-12-7-8/h6,8,12H,2-5,7H2,1H3,(H,13,15,16). The second kappa shape index (κ2) is 4.65. The Hall–Kier alpha value is -1.36. The van der Waals surface area contributed by atoms with Crippen molar-refractivity contribution in [2.24, 2.45) is 13.0 Å². The van der Waals surface area contributed by atoms with Crippen molar-refractivity contribution in [2.75, 3.05) is 13.1 Å². The average molecular weight is 223 g/mol. The summed E-state index contributed by atoms with van der Waals surface area (Å²) in [7, 11) is 1.70. The molecule has 5 heteroatoms. The van der Waals surface area contributed by atoms with Gasteiger partial charge in [0.1, 0.15) is 0 Å². The number of nitrogens with zero attached hydrogens (tertiary/aromatic N) is 1. The molecular formula is C11H17N3O2. The summed E-state index contributed by atoms with van der Waals surface area (Å²) in [6, 6.07) is 1.52. The molecule has 0 saturated carbocycles. The minimum absolute atomic E-state index is 0.304. The Morgan fingerprint density at radius 2 is 2.31 bits per heavy atom. The molecule has 0 aliphatic carbocycles. The fourth-order valence-electron chi connectivity index (χ4n) is 2.19. The minimum Gasteiger partial charge on any atom is -0.316 e. The molecule has 2 N–H and O–H groups in total. The van der Waals surface area contributed by atoms with E-state index in [2.05, 4.69) is 10.3 Å². The van der Waals surface area contributed by atoms with Gasteiger partial charge in [-0.05, 0) is 38.3 Å². The van der Waals surface area contributed by atoms with Gasteiger partial charge in [-0.2, -0.15) is 0 Å². The van der Waals surface area contributed by atoms with Crippen LogP contribution >= 0.6 is 0 Å². The van der Waals surface area contributed by atoms with Gasteiger partial charge in [-0.1, -0.05) is 0 Å². The van der Waals surface area contributed by atoms with E-state index >= 15 is 0 Å². The molecule has 1 fully saturated rings. The van der Waals surface area contributed by atoms with Crippen LogP contribution in [-0.2, 0) is 13.5 Å². The Labute approximate surface area is 93.5 Å². The number of hydrogen-bond donors (Lipinski definition) is 2. The summed E-state index contributed by atoms with van der Waals surface area (Å²) in [5.74, 6) is 0.529. The molecule has 0 radical (unpaired) electrons. The summed E-state index contributed by atoms with van der Waals surface area (Å²) in [5, 5.41) is 3.33. The second-order valence-corrected chi connectivity index (χ2v) is 4.41. The van der Waals surface area contributed by atoms with Crippen LogP contribution in [0.2, 0.25) is 0 Å². The van der Waals surface area contributed by atoms with Gasteiger partial charge in [0.15, 0.2) is 0 Å². The van der Waals surface area contributed by atoms with Crippen molar-refractivity contribution in [3.05, 3.63) is 32.6 Å². The summed E-state index contributed by atoms with van der Waals surface area (Å²) in [4.78, 5) is 24.9. The van der Waals surface area contributed by atoms with Crippen LogP contribution in [0.5, 0.6) is 0 Å². The minimum atomic E-state index is -0.328. The van der Waals surface area contributed by atoms with Gasteiger partial charge in [-0.3, -0.25) is 9.78 Å². The number of nitrogens with one attached hydrogen (secondary N) is 2. The van der Waals surface area contributed by atoms with Crippen molar-refractivity contribution < 1.29 is 0 Å². The Morgan fingerprint density at radius 1 is 1.50 bits per heavy atom. The van der Waals surface area contributed by atoms with E-state index in [0.29, 0.717) is 5.92 Å². The molecule has 88 valence electrons. The van der Waals surface area contributed by atoms with Crippen molar-refractivity contribution in [3.8, 4) is 0 Å². The van der Waals surface area contributed by atoms with Crippen molar-refractivity contribution in [3.63, 3.8) is 0 Å². The molecule has 1 aromatic heterocycles. The van der Waals surface area contributed by atoms with Crippen LogP contribution < -0.4 is 16.6 Å². The van der Waals surface area contributed by atoms with Gasteiger partial charge >= 0.3 is 5.69 Å². The molecule has 0 spiro atoms. The molecule has 1 atom stereocenters. The molecule has 1 saturated heterocycles. The molecule has 0 aromatic carbocycles. The third-order valence-electron chi connectivity index (χ3n) is 3.16. The predicted octanol–water partition coefficient (Wildman–Crippen LogP) is -0.384. The fraction of sp³-hybridized carbons (Fsp3) is 0.636. The van der Waals surface area contributed by atoms with Crippen LogP contribution in [0.1, 0.15) is 18.5 Å². The van der Waals surface area contributed by atoms with Crippen LogP contribution in [0.3, 0.4) is 0 Å². The van der Waals surface area contributed by atoms with Gasteiger partial charge in [0, 0.05) is 18.8 Å². The molecule has 2 heterocycles. The van der Waals surface area contributed by atoms with E-state index in [1.807, 2.05) is 0 Å². The van der Waals surface area contributed by atoms with E-state index in [9.17, 15) is 9.59 Å². The molecular weight excluding hydrogens is 206 g/mol. The first-order valence-electron chi connectivity index (χ1n) is 5.67. The van der Waals surface area contributed by atoms with Crippen molar-refractivity contribution in [2.45, 2.75) is 19.3 Å². The number of rotatable bonds is 2. The van der Waals surface area contributed by atoms with E-state index in [-0.39, 0.29) is 11.2 Å². The van der Waals surface area contributed by atoms with Crippen molar-refractivity contribution >= 4 is 0 Å².